The molecular weight excluding hydrogens is 428 g/mol. The first kappa shape index (κ1) is 23.1. The van der Waals surface area contributed by atoms with Gasteiger partial charge in [0.05, 0.1) is 17.2 Å². The summed E-state index contributed by atoms with van der Waals surface area (Å²) in [6.07, 6.45) is 1.98. The van der Waals surface area contributed by atoms with Crippen LogP contribution in [0.15, 0.2) is 64.5 Å². The number of benzene rings is 3. The molecule has 0 bridgehead atoms. The number of fused-ring (bicyclic) bond motifs is 1. The third kappa shape index (κ3) is 4.83. The predicted octanol–water partition coefficient (Wildman–Crippen LogP) is 7.12. The molecule has 0 unspecified atom stereocenters. The van der Waals surface area contributed by atoms with Crippen molar-refractivity contribution in [3.63, 3.8) is 0 Å². The van der Waals surface area contributed by atoms with E-state index in [0.29, 0.717) is 24.0 Å². The minimum atomic E-state index is -0.00305. The van der Waals surface area contributed by atoms with Crippen LogP contribution < -0.4 is 4.74 Å². The lowest BCUT2D eigenvalue weighted by atomic mass is 10.0. The zero-order chi connectivity index (χ0) is 23.5. The van der Waals surface area contributed by atoms with Crippen molar-refractivity contribution in [3.8, 4) is 5.75 Å². The molecule has 1 fully saturated rings. The second-order valence-electron chi connectivity index (χ2n) is 8.70. The van der Waals surface area contributed by atoms with Crippen molar-refractivity contribution in [1.82, 2.24) is 4.90 Å². The highest BCUT2D eigenvalue weighted by Crippen LogP contribution is 2.37. The molecule has 1 aliphatic rings. The zero-order valence-electron chi connectivity index (χ0n) is 19.9. The van der Waals surface area contributed by atoms with E-state index in [1.54, 1.807) is 4.90 Å². The number of thioether (sulfide) groups is 1. The Morgan fingerprint density at radius 2 is 1.70 bits per heavy atom. The van der Waals surface area contributed by atoms with Gasteiger partial charge < -0.3 is 4.74 Å². The smallest absolute Gasteiger partial charge is 0.266 e. The topological polar surface area (TPSA) is 41.9 Å². The van der Waals surface area contributed by atoms with E-state index in [1.807, 2.05) is 43.3 Å². The lowest BCUT2D eigenvalue weighted by Gasteiger charge is -2.13. The molecule has 3 aromatic rings. The van der Waals surface area contributed by atoms with Crippen LogP contribution in [0.25, 0.3) is 16.8 Å². The van der Waals surface area contributed by atoms with E-state index >= 15 is 0 Å². The molecular formula is C28H30N2O2S. The summed E-state index contributed by atoms with van der Waals surface area (Å²) in [5, 5.41) is 2.86. The molecule has 0 atom stereocenters. The lowest BCUT2D eigenvalue weighted by molar-refractivity contribution is -0.122. The average molecular weight is 459 g/mol. The van der Waals surface area contributed by atoms with Gasteiger partial charge in [-0.3, -0.25) is 9.69 Å². The fourth-order valence-corrected chi connectivity index (χ4v) is 4.93. The Morgan fingerprint density at radius 1 is 1.00 bits per heavy atom. The third-order valence-electron chi connectivity index (χ3n) is 5.63. The van der Waals surface area contributed by atoms with Crippen LogP contribution in [0.2, 0.25) is 0 Å². The zero-order valence-corrected chi connectivity index (χ0v) is 20.7. The van der Waals surface area contributed by atoms with Gasteiger partial charge in [-0.1, -0.05) is 62.4 Å². The Labute approximate surface area is 200 Å². The van der Waals surface area contributed by atoms with Crippen LogP contribution in [-0.2, 0) is 4.79 Å². The van der Waals surface area contributed by atoms with Gasteiger partial charge in [0.25, 0.3) is 5.91 Å². The van der Waals surface area contributed by atoms with Gasteiger partial charge in [0, 0.05) is 11.9 Å². The Kier molecular flexibility index (Phi) is 6.89. The van der Waals surface area contributed by atoms with Crippen LogP contribution in [0.4, 0.5) is 5.69 Å². The second kappa shape index (κ2) is 9.84. The van der Waals surface area contributed by atoms with Gasteiger partial charge in [-0.05, 0) is 72.7 Å². The number of nitrogens with zero attached hydrogens (tertiary/aromatic N) is 2. The Balaban J connectivity index is 1.73. The number of hydrogen-bond acceptors (Lipinski definition) is 4. The normalized spacial score (nSPS) is 16.5. The molecule has 3 aromatic carbocycles. The minimum absolute atomic E-state index is 0.00305. The molecule has 4 nitrogen and oxygen atoms in total. The van der Waals surface area contributed by atoms with E-state index < -0.39 is 0 Å². The standard InChI is InChI=1S/C28H30N2O2S/c1-6-30-27(31)25(33-28(30)29-26-19(4)10-9-11-20(26)5)16-21-14-15-24(32-17-18(2)3)23-13-8-7-12-22(21)23/h7-16,18H,6,17H2,1-5H3/b25-16+,29-28?. The molecule has 0 saturated carbocycles. The highest BCUT2D eigenvalue weighted by molar-refractivity contribution is 8.18. The maximum absolute atomic E-state index is 13.2. The number of ether oxygens (including phenoxy) is 1. The summed E-state index contributed by atoms with van der Waals surface area (Å²) in [5.41, 5.74) is 4.14. The van der Waals surface area contributed by atoms with Crippen molar-refractivity contribution in [2.75, 3.05) is 13.2 Å². The molecule has 170 valence electrons. The van der Waals surface area contributed by atoms with E-state index in [4.69, 9.17) is 9.73 Å². The summed E-state index contributed by atoms with van der Waals surface area (Å²) >= 11 is 1.44. The van der Waals surface area contributed by atoms with Crippen molar-refractivity contribution < 1.29 is 9.53 Å². The van der Waals surface area contributed by atoms with Gasteiger partial charge in [0.2, 0.25) is 0 Å². The quantitative estimate of drug-likeness (QED) is 0.369. The van der Waals surface area contributed by atoms with Gasteiger partial charge >= 0.3 is 0 Å². The SMILES string of the molecule is CCN1C(=O)/C(=C\c2ccc(OCC(C)C)c3ccccc23)SC1=Nc1c(C)cccc1C. The van der Waals surface area contributed by atoms with E-state index in [0.717, 1.165) is 44.1 Å². The van der Waals surface area contributed by atoms with Crippen molar-refractivity contribution >= 4 is 45.4 Å². The van der Waals surface area contributed by atoms with Crippen LogP contribution in [0.5, 0.6) is 5.75 Å². The molecule has 1 saturated heterocycles. The van der Waals surface area contributed by atoms with Gasteiger partial charge in [0.1, 0.15) is 5.75 Å². The number of carbonyl (C=O) groups excluding carboxylic acids is 1. The fraction of sp³-hybridized carbons (Fsp3) is 0.286. The Bertz CT molecular complexity index is 1240. The first-order valence-corrected chi connectivity index (χ1v) is 12.2. The molecule has 4 rings (SSSR count). The third-order valence-corrected chi connectivity index (χ3v) is 6.63. The minimum Gasteiger partial charge on any atom is -0.493 e. The van der Waals surface area contributed by atoms with Crippen LogP contribution >= 0.6 is 11.8 Å². The van der Waals surface area contributed by atoms with E-state index in [1.165, 1.54) is 11.8 Å². The highest BCUT2D eigenvalue weighted by Gasteiger charge is 2.32. The molecule has 0 aromatic heterocycles. The summed E-state index contributed by atoms with van der Waals surface area (Å²) in [4.78, 5) is 20.6. The lowest BCUT2D eigenvalue weighted by Crippen LogP contribution is -2.28. The highest BCUT2D eigenvalue weighted by atomic mass is 32.2. The van der Waals surface area contributed by atoms with Crippen molar-refractivity contribution in [1.29, 1.82) is 0 Å². The van der Waals surface area contributed by atoms with Crippen LogP contribution in [0.3, 0.4) is 0 Å². The fourth-order valence-electron chi connectivity index (χ4n) is 3.89. The molecule has 0 N–H and O–H groups in total. The number of amidine groups is 1. The number of carbonyl (C=O) groups is 1. The number of hydrogen-bond donors (Lipinski definition) is 0. The van der Waals surface area contributed by atoms with Gasteiger partial charge in [0.15, 0.2) is 5.17 Å². The molecule has 1 heterocycles. The molecule has 0 spiro atoms. The maximum Gasteiger partial charge on any atom is 0.266 e. The van der Waals surface area contributed by atoms with Crippen molar-refractivity contribution in [3.05, 3.63) is 76.2 Å². The second-order valence-corrected chi connectivity index (χ2v) is 9.71. The first-order chi connectivity index (χ1) is 15.9. The number of amides is 1. The summed E-state index contributed by atoms with van der Waals surface area (Å²) in [7, 11) is 0. The Hall–Kier alpha value is -3.05. The number of aryl methyl sites for hydroxylation is 2. The summed E-state index contributed by atoms with van der Waals surface area (Å²) < 4.78 is 6.05. The molecule has 1 amide bonds. The van der Waals surface area contributed by atoms with E-state index in [2.05, 4.69) is 52.0 Å². The van der Waals surface area contributed by atoms with Gasteiger partial charge in [-0.25, -0.2) is 4.99 Å². The maximum atomic E-state index is 13.2. The number of aliphatic imine (C=N–C) groups is 1. The van der Waals surface area contributed by atoms with Crippen molar-refractivity contribution in [2.45, 2.75) is 34.6 Å². The molecule has 33 heavy (non-hydrogen) atoms. The van der Waals surface area contributed by atoms with Crippen LogP contribution in [-0.4, -0.2) is 29.1 Å². The summed E-state index contributed by atoms with van der Waals surface area (Å²) in [5.74, 6) is 1.32. The number of likely N-dealkylation sites (N-methyl/N-ethyl adjacent to an activating group) is 1. The molecule has 0 aliphatic carbocycles. The molecule has 0 radical (unpaired) electrons. The van der Waals surface area contributed by atoms with Crippen molar-refractivity contribution in [2.24, 2.45) is 10.9 Å². The van der Waals surface area contributed by atoms with Crippen LogP contribution in [0.1, 0.15) is 37.5 Å². The number of rotatable bonds is 6. The average Bonchev–Trinajstić information content (AvgIpc) is 3.09. The van der Waals surface area contributed by atoms with Crippen LogP contribution in [0, 0.1) is 19.8 Å². The predicted molar refractivity (Wildman–Crippen MR) is 140 cm³/mol. The van der Waals surface area contributed by atoms with Gasteiger partial charge in [-0.15, -0.1) is 0 Å². The monoisotopic (exact) mass is 458 g/mol. The first-order valence-electron chi connectivity index (χ1n) is 11.4. The van der Waals surface area contributed by atoms with E-state index in [-0.39, 0.29) is 5.91 Å². The largest absolute Gasteiger partial charge is 0.493 e. The van der Waals surface area contributed by atoms with E-state index in [9.17, 15) is 4.79 Å². The molecule has 1 aliphatic heterocycles. The summed E-state index contributed by atoms with van der Waals surface area (Å²) in [6.45, 7) is 11.6. The number of para-hydroxylation sites is 1. The molecule has 5 heteroatoms. The Morgan fingerprint density at radius 3 is 2.36 bits per heavy atom. The summed E-state index contributed by atoms with van der Waals surface area (Å²) in [6, 6.07) is 18.4. The van der Waals surface area contributed by atoms with Gasteiger partial charge in [-0.2, -0.15) is 0 Å².